The van der Waals surface area contributed by atoms with Gasteiger partial charge >= 0.3 is 0 Å². The van der Waals surface area contributed by atoms with Crippen LogP contribution in [0.4, 0.5) is 0 Å². The van der Waals surface area contributed by atoms with E-state index in [2.05, 4.69) is 68.5 Å². The van der Waals surface area contributed by atoms with Crippen LogP contribution in [0.15, 0.2) is 54.6 Å². The molecule has 0 aromatic heterocycles. The van der Waals surface area contributed by atoms with Crippen LogP contribution in [-0.4, -0.2) is 6.61 Å². The van der Waals surface area contributed by atoms with Crippen LogP contribution < -0.4 is 4.74 Å². The highest BCUT2D eigenvalue weighted by atomic mass is 16.5. The molecule has 0 radical (unpaired) electrons. The Balaban J connectivity index is 1.45. The van der Waals surface area contributed by atoms with Crippen LogP contribution in [0.1, 0.15) is 103 Å². The molecule has 0 N–H and O–H groups in total. The van der Waals surface area contributed by atoms with Crippen molar-refractivity contribution in [2.75, 3.05) is 6.61 Å². The van der Waals surface area contributed by atoms with Gasteiger partial charge in [0.25, 0.3) is 0 Å². The van der Waals surface area contributed by atoms with Gasteiger partial charge in [0.05, 0.1) is 6.61 Å². The van der Waals surface area contributed by atoms with E-state index in [0.29, 0.717) is 0 Å². The number of unbranched alkanes of at least 4 members (excludes halogenated alkanes) is 7. The number of hydrogen-bond acceptors (Lipinski definition) is 1. The van der Waals surface area contributed by atoms with Crippen LogP contribution in [-0.2, 0) is 0 Å². The second kappa shape index (κ2) is 14.2. The van der Waals surface area contributed by atoms with Crippen LogP contribution >= 0.6 is 0 Å². The molecular formula is C31H44O. The van der Waals surface area contributed by atoms with Crippen LogP contribution in [0.3, 0.4) is 0 Å². The average Bonchev–Trinajstić information content (AvgIpc) is 2.85. The van der Waals surface area contributed by atoms with Crippen molar-refractivity contribution < 1.29 is 4.74 Å². The summed E-state index contributed by atoms with van der Waals surface area (Å²) in [6.07, 6.45) is 19.8. The number of hydrogen-bond donors (Lipinski definition) is 0. The predicted octanol–water partition coefficient (Wildman–Crippen LogP) is 9.86. The van der Waals surface area contributed by atoms with E-state index >= 15 is 0 Å². The Hall–Kier alpha value is -2.02. The first kappa shape index (κ1) is 24.6. The quantitative estimate of drug-likeness (QED) is 0.270. The lowest BCUT2D eigenvalue weighted by Crippen LogP contribution is -2.05. The number of benzene rings is 2. The van der Waals surface area contributed by atoms with Gasteiger partial charge in [-0.05, 0) is 66.0 Å². The fourth-order valence-electron chi connectivity index (χ4n) is 4.79. The minimum atomic E-state index is 0.822. The van der Waals surface area contributed by atoms with E-state index in [1.165, 1.54) is 93.7 Å². The lowest BCUT2D eigenvalue weighted by Gasteiger charge is -2.22. The van der Waals surface area contributed by atoms with Crippen molar-refractivity contribution in [1.82, 2.24) is 0 Å². The van der Waals surface area contributed by atoms with E-state index < -0.39 is 0 Å². The fraction of sp³-hybridized carbons (Fsp3) is 0.548. The van der Waals surface area contributed by atoms with Gasteiger partial charge in [-0.3, -0.25) is 0 Å². The first-order valence-corrected chi connectivity index (χ1v) is 13.3. The molecule has 3 rings (SSSR count). The third kappa shape index (κ3) is 8.15. The molecule has 1 atom stereocenters. The van der Waals surface area contributed by atoms with E-state index in [1.807, 2.05) is 0 Å². The molecule has 0 saturated heterocycles. The topological polar surface area (TPSA) is 9.23 Å². The maximum atomic E-state index is 5.88. The second-order valence-corrected chi connectivity index (χ2v) is 9.58. The van der Waals surface area contributed by atoms with E-state index in [-0.39, 0.29) is 0 Å². The number of rotatable bonds is 14. The third-order valence-corrected chi connectivity index (χ3v) is 6.95. The van der Waals surface area contributed by atoms with Crippen molar-refractivity contribution in [2.45, 2.75) is 97.3 Å². The lowest BCUT2D eigenvalue weighted by molar-refractivity contribution is 0.305. The van der Waals surface area contributed by atoms with Crippen LogP contribution in [0.5, 0.6) is 5.75 Å². The van der Waals surface area contributed by atoms with Gasteiger partial charge in [0.15, 0.2) is 0 Å². The van der Waals surface area contributed by atoms with E-state index in [0.717, 1.165) is 24.7 Å². The Labute approximate surface area is 197 Å². The van der Waals surface area contributed by atoms with Crippen molar-refractivity contribution in [3.63, 3.8) is 0 Å². The molecule has 32 heavy (non-hydrogen) atoms. The van der Waals surface area contributed by atoms with Gasteiger partial charge in [0.2, 0.25) is 0 Å². The van der Waals surface area contributed by atoms with Crippen molar-refractivity contribution in [1.29, 1.82) is 0 Å². The molecule has 1 aliphatic rings. The summed E-state index contributed by atoms with van der Waals surface area (Å²) < 4.78 is 5.88. The zero-order chi connectivity index (χ0) is 22.4. The molecule has 1 heteroatoms. The van der Waals surface area contributed by atoms with Crippen molar-refractivity contribution in [2.24, 2.45) is 5.92 Å². The summed E-state index contributed by atoms with van der Waals surface area (Å²) in [6.45, 7) is 5.36. The minimum Gasteiger partial charge on any atom is -0.494 e. The second-order valence-electron chi connectivity index (χ2n) is 9.58. The highest BCUT2D eigenvalue weighted by Crippen LogP contribution is 2.34. The molecular weight excluding hydrogens is 388 g/mol. The molecule has 2 aromatic rings. The molecule has 0 aliphatic heterocycles. The maximum absolute atomic E-state index is 5.88. The SMILES string of the molecule is CCCCCCCC1CC=C(c2ccc(-c3ccc(OCCCCCC)cc3)cc2)CC1. The smallest absolute Gasteiger partial charge is 0.119 e. The normalized spacial score (nSPS) is 16.1. The minimum absolute atomic E-state index is 0.822. The standard InChI is InChI=1S/C31H44O/c1-3-5-7-9-10-12-26-13-15-27(16-14-26)28-17-19-29(20-18-28)30-21-23-31(24-22-30)32-25-11-8-6-4-2/h15,17-24,26H,3-14,16,25H2,1-2H3. The van der Waals surface area contributed by atoms with Gasteiger partial charge in [-0.15, -0.1) is 0 Å². The summed E-state index contributed by atoms with van der Waals surface area (Å²) in [6, 6.07) is 17.7. The Morgan fingerprint density at radius 2 is 1.28 bits per heavy atom. The van der Waals surface area contributed by atoms with Gasteiger partial charge < -0.3 is 4.74 Å². The zero-order valence-corrected chi connectivity index (χ0v) is 20.6. The summed E-state index contributed by atoms with van der Waals surface area (Å²) in [5.74, 6) is 1.89. The summed E-state index contributed by atoms with van der Waals surface area (Å²) in [5, 5.41) is 0. The summed E-state index contributed by atoms with van der Waals surface area (Å²) in [5.41, 5.74) is 5.49. The largest absolute Gasteiger partial charge is 0.494 e. The molecule has 0 fully saturated rings. The molecule has 1 nitrogen and oxygen atoms in total. The van der Waals surface area contributed by atoms with Gasteiger partial charge in [0, 0.05) is 0 Å². The lowest BCUT2D eigenvalue weighted by atomic mass is 9.83. The Morgan fingerprint density at radius 1 is 0.688 bits per heavy atom. The molecule has 2 aromatic carbocycles. The van der Waals surface area contributed by atoms with Crippen molar-refractivity contribution in [3.05, 3.63) is 60.2 Å². The summed E-state index contributed by atoms with van der Waals surface area (Å²) in [4.78, 5) is 0. The Kier molecular flexibility index (Phi) is 10.9. The van der Waals surface area contributed by atoms with Crippen LogP contribution in [0.25, 0.3) is 16.7 Å². The van der Waals surface area contributed by atoms with Crippen LogP contribution in [0.2, 0.25) is 0 Å². The summed E-state index contributed by atoms with van der Waals surface area (Å²) >= 11 is 0. The van der Waals surface area contributed by atoms with Gasteiger partial charge in [-0.1, -0.05) is 114 Å². The van der Waals surface area contributed by atoms with Gasteiger partial charge in [-0.25, -0.2) is 0 Å². The third-order valence-electron chi connectivity index (χ3n) is 6.95. The average molecular weight is 433 g/mol. The van der Waals surface area contributed by atoms with E-state index in [9.17, 15) is 0 Å². The first-order chi connectivity index (χ1) is 15.8. The molecule has 0 heterocycles. The van der Waals surface area contributed by atoms with Gasteiger partial charge in [-0.2, -0.15) is 0 Å². The van der Waals surface area contributed by atoms with Crippen molar-refractivity contribution in [3.8, 4) is 16.9 Å². The van der Waals surface area contributed by atoms with Gasteiger partial charge in [0.1, 0.15) is 5.75 Å². The molecule has 0 bridgehead atoms. The van der Waals surface area contributed by atoms with Crippen LogP contribution in [0, 0.1) is 5.92 Å². The predicted molar refractivity (Wildman–Crippen MR) is 140 cm³/mol. The Bertz CT molecular complexity index is 784. The molecule has 0 saturated carbocycles. The Morgan fingerprint density at radius 3 is 1.91 bits per heavy atom. The highest BCUT2D eigenvalue weighted by Gasteiger charge is 2.15. The highest BCUT2D eigenvalue weighted by molar-refractivity contribution is 5.71. The molecule has 0 amide bonds. The number of ether oxygens (including phenoxy) is 1. The monoisotopic (exact) mass is 432 g/mol. The first-order valence-electron chi connectivity index (χ1n) is 13.3. The molecule has 1 unspecified atom stereocenters. The molecule has 174 valence electrons. The maximum Gasteiger partial charge on any atom is 0.119 e. The zero-order valence-electron chi connectivity index (χ0n) is 20.6. The van der Waals surface area contributed by atoms with E-state index in [1.54, 1.807) is 5.57 Å². The van der Waals surface area contributed by atoms with Crippen molar-refractivity contribution >= 4 is 5.57 Å². The number of allylic oxidation sites excluding steroid dienone is 2. The molecule has 0 spiro atoms. The van der Waals surface area contributed by atoms with E-state index in [4.69, 9.17) is 4.74 Å². The fourth-order valence-corrected chi connectivity index (χ4v) is 4.79. The summed E-state index contributed by atoms with van der Waals surface area (Å²) in [7, 11) is 0. The molecule has 1 aliphatic carbocycles.